The molecule has 0 aromatic heterocycles. The number of methoxy groups -OCH3 is 1. The van der Waals surface area contributed by atoms with Crippen LogP contribution in [0.15, 0.2) is 0 Å². The number of esters is 1. The lowest BCUT2D eigenvalue weighted by Gasteiger charge is -2.36. The molecule has 1 saturated heterocycles. The van der Waals surface area contributed by atoms with Gasteiger partial charge in [0, 0.05) is 0 Å². The minimum absolute atomic E-state index is 0.195. The Kier molecular flexibility index (Phi) is 4.80. The summed E-state index contributed by atoms with van der Waals surface area (Å²) >= 11 is 0. The van der Waals surface area contributed by atoms with E-state index in [1.54, 1.807) is 6.82 Å². The summed E-state index contributed by atoms with van der Waals surface area (Å²) in [5, 5.41) is 9.75. The van der Waals surface area contributed by atoms with Gasteiger partial charge in [-0.2, -0.15) is 0 Å². The molecular formula is C11H22BNO3. The van der Waals surface area contributed by atoms with E-state index in [0.717, 1.165) is 38.6 Å². The summed E-state index contributed by atoms with van der Waals surface area (Å²) in [4.78, 5) is 13.9. The number of unbranched alkanes of at least 4 members (excludes halogenated alkanes) is 1. The zero-order valence-electron chi connectivity index (χ0n) is 10.5. The Labute approximate surface area is 98.1 Å². The highest BCUT2D eigenvalue weighted by atomic mass is 16.5. The molecule has 1 unspecified atom stereocenters. The summed E-state index contributed by atoms with van der Waals surface area (Å²) in [6.45, 7) is 4.60. The molecule has 0 radical (unpaired) electrons. The van der Waals surface area contributed by atoms with Gasteiger partial charge in [-0.15, -0.1) is 0 Å². The summed E-state index contributed by atoms with van der Waals surface area (Å²) in [6.07, 6.45) is 4.56. The molecule has 1 aliphatic rings. The van der Waals surface area contributed by atoms with Crippen LogP contribution in [0.4, 0.5) is 0 Å². The predicted molar refractivity (Wildman–Crippen MR) is 64.0 cm³/mol. The van der Waals surface area contributed by atoms with Crippen molar-refractivity contribution >= 4 is 13.0 Å². The van der Waals surface area contributed by atoms with Crippen molar-refractivity contribution in [3.8, 4) is 0 Å². The van der Waals surface area contributed by atoms with E-state index in [0.29, 0.717) is 0 Å². The molecular weight excluding hydrogens is 205 g/mol. The number of nitrogens with zero attached hydrogens (tertiary/aromatic N) is 1. The van der Waals surface area contributed by atoms with E-state index >= 15 is 0 Å². The quantitative estimate of drug-likeness (QED) is 0.568. The lowest BCUT2D eigenvalue weighted by molar-refractivity contribution is -0.151. The maximum atomic E-state index is 12.0. The van der Waals surface area contributed by atoms with Crippen molar-refractivity contribution < 1.29 is 14.6 Å². The molecule has 0 aromatic rings. The molecule has 1 rings (SSSR count). The van der Waals surface area contributed by atoms with Crippen molar-refractivity contribution in [1.29, 1.82) is 0 Å². The zero-order chi connectivity index (χ0) is 12.2. The monoisotopic (exact) mass is 227 g/mol. The third-order valence-electron chi connectivity index (χ3n) is 3.50. The third-order valence-corrected chi connectivity index (χ3v) is 3.50. The first kappa shape index (κ1) is 13.5. The number of hydrogen-bond acceptors (Lipinski definition) is 4. The van der Waals surface area contributed by atoms with E-state index in [2.05, 4.69) is 6.92 Å². The fourth-order valence-electron chi connectivity index (χ4n) is 2.69. The molecule has 1 aliphatic heterocycles. The minimum Gasteiger partial charge on any atom is -0.468 e. The van der Waals surface area contributed by atoms with Gasteiger partial charge in [0.2, 0.25) is 0 Å². The van der Waals surface area contributed by atoms with E-state index < -0.39 is 12.6 Å². The lowest BCUT2D eigenvalue weighted by atomic mass is 9.77. The van der Waals surface area contributed by atoms with Gasteiger partial charge in [0.05, 0.1) is 7.11 Å². The number of carbonyl (C=O) groups is 1. The predicted octanol–water partition coefficient (Wildman–Crippen LogP) is 1.29. The highest BCUT2D eigenvalue weighted by Gasteiger charge is 2.49. The van der Waals surface area contributed by atoms with Crippen LogP contribution in [0.1, 0.15) is 39.0 Å². The van der Waals surface area contributed by atoms with Gasteiger partial charge in [-0.25, -0.2) is 0 Å². The number of carbonyl (C=O) groups excluding carboxylic acids is 1. The van der Waals surface area contributed by atoms with E-state index in [1.807, 2.05) is 4.81 Å². The van der Waals surface area contributed by atoms with Crippen LogP contribution in [0.3, 0.4) is 0 Å². The van der Waals surface area contributed by atoms with E-state index in [4.69, 9.17) is 4.74 Å². The molecule has 1 atom stereocenters. The second-order valence-electron chi connectivity index (χ2n) is 4.56. The van der Waals surface area contributed by atoms with Gasteiger partial charge < -0.3 is 14.6 Å². The van der Waals surface area contributed by atoms with Gasteiger partial charge in [0.25, 0.3) is 0 Å². The van der Waals surface area contributed by atoms with Crippen molar-refractivity contribution in [2.75, 3.05) is 13.7 Å². The average molecular weight is 227 g/mol. The summed E-state index contributed by atoms with van der Waals surface area (Å²) in [5.74, 6) is -0.195. The van der Waals surface area contributed by atoms with Crippen molar-refractivity contribution in [3.63, 3.8) is 0 Å². The van der Waals surface area contributed by atoms with Crippen molar-refractivity contribution in [3.05, 3.63) is 0 Å². The summed E-state index contributed by atoms with van der Waals surface area (Å²) in [5.41, 5.74) is -0.584. The third kappa shape index (κ3) is 2.41. The second-order valence-corrected chi connectivity index (χ2v) is 4.56. The molecule has 1 fully saturated rings. The molecule has 92 valence electrons. The average Bonchev–Trinajstić information content (AvgIpc) is 2.70. The van der Waals surface area contributed by atoms with E-state index in [1.165, 1.54) is 7.11 Å². The molecule has 4 nitrogen and oxygen atoms in total. The first-order valence-corrected chi connectivity index (χ1v) is 6.11. The Morgan fingerprint density at radius 3 is 2.81 bits per heavy atom. The normalized spacial score (nSPS) is 25.8. The topological polar surface area (TPSA) is 49.8 Å². The molecule has 5 heteroatoms. The summed E-state index contributed by atoms with van der Waals surface area (Å²) in [7, 11) is 0.840. The van der Waals surface area contributed by atoms with E-state index in [9.17, 15) is 9.82 Å². The first-order valence-electron chi connectivity index (χ1n) is 6.11. The molecule has 0 spiro atoms. The van der Waals surface area contributed by atoms with Crippen LogP contribution in [0.25, 0.3) is 0 Å². The lowest BCUT2D eigenvalue weighted by Crippen LogP contribution is -2.56. The van der Waals surface area contributed by atoms with Gasteiger partial charge in [-0.05, 0) is 32.6 Å². The molecule has 0 amide bonds. The molecule has 0 bridgehead atoms. The van der Waals surface area contributed by atoms with Crippen LogP contribution >= 0.6 is 0 Å². The highest BCUT2D eigenvalue weighted by Crippen LogP contribution is 2.35. The molecule has 0 aliphatic carbocycles. The fraction of sp³-hybridized carbons (Fsp3) is 0.909. The van der Waals surface area contributed by atoms with Crippen LogP contribution in [-0.4, -0.2) is 42.0 Å². The zero-order valence-corrected chi connectivity index (χ0v) is 10.5. The second kappa shape index (κ2) is 5.68. The Morgan fingerprint density at radius 1 is 1.62 bits per heavy atom. The Bertz CT molecular complexity index is 247. The number of rotatable bonds is 5. The maximum absolute atomic E-state index is 12.0. The van der Waals surface area contributed by atoms with Crippen LogP contribution in [0.2, 0.25) is 6.82 Å². The Morgan fingerprint density at radius 2 is 2.31 bits per heavy atom. The molecule has 0 aromatic carbocycles. The number of ether oxygens (including phenoxy) is 1. The van der Waals surface area contributed by atoms with Gasteiger partial charge in [-0.1, -0.05) is 19.8 Å². The largest absolute Gasteiger partial charge is 0.468 e. The van der Waals surface area contributed by atoms with Crippen LogP contribution in [-0.2, 0) is 9.53 Å². The first-order chi connectivity index (χ1) is 7.58. The number of hydrogen-bond donors (Lipinski definition) is 1. The molecule has 1 heterocycles. The van der Waals surface area contributed by atoms with Crippen LogP contribution in [0.5, 0.6) is 0 Å². The highest BCUT2D eigenvalue weighted by molar-refractivity contribution is 6.46. The summed E-state index contributed by atoms with van der Waals surface area (Å²) < 4.78 is 4.92. The molecule has 16 heavy (non-hydrogen) atoms. The van der Waals surface area contributed by atoms with Gasteiger partial charge >= 0.3 is 13.0 Å². The molecule has 0 saturated carbocycles. The van der Waals surface area contributed by atoms with Gasteiger partial charge in [-0.3, -0.25) is 4.79 Å². The Balaban J connectivity index is 2.88. The van der Waals surface area contributed by atoms with E-state index in [-0.39, 0.29) is 5.97 Å². The van der Waals surface area contributed by atoms with Crippen molar-refractivity contribution in [1.82, 2.24) is 4.81 Å². The SMILES string of the molecule is CCCCC1(C(=O)OC)CCCN1B(C)O. The Hall–Kier alpha value is -0.545. The summed E-state index contributed by atoms with van der Waals surface area (Å²) in [6, 6.07) is 0. The fourth-order valence-corrected chi connectivity index (χ4v) is 2.69. The van der Waals surface area contributed by atoms with Gasteiger partial charge in [0.15, 0.2) is 0 Å². The van der Waals surface area contributed by atoms with Gasteiger partial charge in [0.1, 0.15) is 5.54 Å². The van der Waals surface area contributed by atoms with Crippen molar-refractivity contribution in [2.24, 2.45) is 0 Å². The van der Waals surface area contributed by atoms with Crippen LogP contribution < -0.4 is 0 Å². The smallest absolute Gasteiger partial charge is 0.377 e. The van der Waals surface area contributed by atoms with Crippen molar-refractivity contribution in [2.45, 2.75) is 51.4 Å². The minimum atomic E-state index is -0.585. The maximum Gasteiger partial charge on any atom is 0.377 e. The standard InChI is InChI=1S/C11H22BNO3/c1-4-5-7-11(10(14)16-3)8-6-9-13(11)12(2)15/h15H,4-9H2,1-3H3. The molecule has 1 N–H and O–H groups in total. The van der Waals surface area contributed by atoms with Crippen LogP contribution in [0, 0.1) is 0 Å².